The summed E-state index contributed by atoms with van der Waals surface area (Å²) in [4.78, 5) is 7.07. The van der Waals surface area contributed by atoms with E-state index in [1.807, 2.05) is 36.6 Å². The highest BCUT2D eigenvalue weighted by Crippen LogP contribution is 2.42. The summed E-state index contributed by atoms with van der Waals surface area (Å²) in [5, 5.41) is 4.91. The minimum Gasteiger partial charge on any atom is -0.255 e. The minimum atomic E-state index is -3.72. The lowest BCUT2D eigenvalue weighted by atomic mass is 10.0. The molecule has 0 saturated heterocycles. The third-order valence-electron chi connectivity index (χ3n) is 5.13. The van der Waals surface area contributed by atoms with E-state index in [-0.39, 0.29) is 10.9 Å². The summed E-state index contributed by atoms with van der Waals surface area (Å²) in [6, 6.07) is 13.2. The first-order chi connectivity index (χ1) is 13.6. The summed E-state index contributed by atoms with van der Waals surface area (Å²) in [6.07, 6.45) is 2.47. The van der Waals surface area contributed by atoms with Crippen LogP contribution in [0.5, 0.6) is 0 Å². The van der Waals surface area contributed by atoms with Crippen LogP contribution in [0.2, 0.25) is 0 Å². The molecule has 4 nitrogen and oxygen atoms in total. The topological polar surface area (TPSA) is 50.3 Å². The maximum absolute atomic E-state index is 13.8. The van der Waals surface area contributed by atoms with Crippen LogP contribution in [0.25, 0.3) is 10.9 Å². The molecule has 4 aromatic rings. The fraction of sp³-hybridized carbons (Fsp3) is 0.190. The molecular weight excluding hydrogens is 408 g/mol. The Hall–Kier alpha value is -2.06. The lowest BCUT2D eigenvalue weighted by Gasteiger charge is -2.34. The number of hydrogen-bond donors (Lipinski definition) is 0. The number of thiophene rings is 2. The molecule has 0 fully saturated rings. The number of nitrogens with zero attached hydrogens (tertiary/aromatic N) is 2. The molecule has 0 bridgehead atoms. The van der Waals surface area contributed by atoms with Gasteiger partial charge < -0.3 is 0 Å². The second-order valence-electron chi connectivity index (χ2n) is 6.92. The normalized spacial score (nSPS) is 17.7. The van der Waals surface area contributed by atoms with Crippen molar-refractivity contribution >= 4 is 43.6 Å². The van der Waals surface area contributed by atoms with Crippen LogP contribution in [0.1, 0.15) is 26.9 Å². The van der Waals surface area contributed by atoms with Gasteiger partial charge in [-0.15, -0.1) is 22.7 Å². The lowest BCUT2D eigenvalue weighted by molar-refractivity contribution is 0.350. The number of benzene rings is 1. The van der Waals surface area contributed by atoms with E-state index in [4.69, 9.17) is 0 Å². The van der Waals surface area contributed by atoms with Gasteiger partial charge >= 0.3 is 0 Å². The average Bonchev–Trinajstić information content (AvgIpc) is 3.38. The molecule has 1 aromatic carbocycles. The van der Waals surface area contributed by atoms with Crippen molar-refractivity contribution in [2.24, 2.45) is 0 Å². The fourth-order valence-corrected chi connectivity index (χ4v) is 7.45. The van der Waals surface area contributed by atoms with E-state index in [2.05, 4.69) is 16.4 Å². The number of hydrogen-bond acceptors (Lipinski definition) is 5. The van der Waals surface area contributed by atoms with Gasteiger partial charge in [0.15, 0.2) is 0 Å². The monoisotopic (exact) mass is 426 g/mol. The largest absolute Gasteiger partial charge is 0.255 e. The minimum absolute atomic E-state index is 0.277. The first-order valence-corrected chi connectivity index (χ1v) is 12.2. The number of rotatable bonds is 3. The van der Waals surface area contributed by atoms with Gasteiger partial charge in [-0.3, -0.25) is 4.98 Å². The van der Waals surface area contributed by atoms with Crippen LogP contribution in [0.3, 0.4) is 0 Å². The quantitative estimate of drug-likeness (QED) is 0.463. The molecule has 0 aliphatic carbocycles. The van der Waals surface area contributed by atoms with E-state index in [1.54, 1.807) is 45.3 Å². The number of para-hydroxylation sites is 1. The van der Waals surface area contributed by atoms with Gasteiger partial charge in [0.05, 0.1) is 11.6 Å². The van der Waals surface area contributed by atoms with Crippen molar-refractivity contribution in [3.05, 3.63) is 80.3 Å². The van der Waals surface area contributed by atoms with E-state index in [1.165, 1.54) is 4.88 Å². The molecule has 1 atom stereocenters. The van der Waals surface area contributed by atoms with Crippen molar-refractivity contribution in [2.75, 3.05) is 6.54 Å². The van der Waals surface area contributed by atoms with Gasteiger partial charge in [0.1, 0.15) is 4.90 Å². The van der Waals surface area contributed by atoms with Crippen molar-refractivity contribution < 1.29 is 8.42 Å². The van der Waals surface area contributed by atoms with Crippen LogP contribution in [0.4, 0.5) is 0 Å². The summed E-state index contributed by atoms with van der Waals surface area (Å²) < 4.78 is 29.3. The molecule has 0 radical (unpaired) electrons. The number of sulfonamides is 1. The Morgan fingerprint density at radius 1 is 1.11 bits per heavy atom. The maximum Gasteiger partial charge on any atom is 0.246 e. The van der Waals surface area contributed by atoms with Crippen molar-refractivity contribution in [1.82, 2.24) is 9.29 Å². The lowest BCUT2D eigenvalue weighted by Crippen LogP contribution is -2.39. The van der Waals surface area contributed by atoms with E-state index in [0.717, 1.165) is 27.8 Å². The maximum atomic E-state index is 13.8. The first-order valence-electron chi connectivity index (χ1n) is 9.02. The number of aromatic nitrogens is 1. The SMILES string of the molecule is Cc1cnc2c(S(=O)(=O)N3CCc4sccc4[C@@H]3c3cccs3)cccc2c1. The van der Waals surface area contributed by atoms with Crippen molar-refractivity contribution in [2.45, 2.75) is 24.3 Å². The van der Waals surface area contributed by atoms with Gasteiger partial charge in [0.25, 0.3) is 0 Å². The van der Waals surface area contributed by atoms with Crippen LogP contribution in [-0.2, 0) is 16.4 Å². The van der Waals surface area contributed by atoms with Gasteiger partial charge in [-0.2, -0.15) is 4.31 Å². The Morgan fingerprint density at radius 3 is 2.82 bits per heavy atom. The van der Waals surface area contributed by atoms with Crippen LogP contribution in [0.15, 0.2) is 64.3 Å². The summed E-state index contributed by atoms with van der Waals surface area (Å²) in [5.74, 6) is 0. The van der Waals surface area contributed by atoms with Crippen molar-refractivity contribution in [1.29, 1.82) is 0 Å². The van der Waals surface area contributed by atoms with Crippen LogP contribution in [-0.4, -0.2) is 24.3 Å². The van der Waals surface area contributed by atoms with Crippen molar-refractivity contribution in [3.63, 3.8) is 0 Å². The number of pyridine rings is 1. The molecular formula is C21H18N2O2S3. The van der Waals surface area contributed by atoms with Gasteiger partial charge in [-0.1, -0.05) is 18.2 Å². The fourth-order valence-electron chi connectivity index (χ4n) is 3.87. The first kappa shape index (κ1) is 18.0. The molecule has 0 unspecified atom stereocenters. The Labute approximate surface area is 172 Å². The molecule has 7 heteroatoms. The zero-order valence-electron chi connectivity index (χ0n) is 15.2. The van der Waals surface area contributed by atoms with E-state index >= 15 is 0 Å². The Balaban J connectivity index is 1.69. The number of aryl methyl sites for hydroxylation is 1. The third kappa shape index (κ3) is 2.81. The summed E-state index contributed by atoms with van der Waals surface area (Å²) >= 11 is 3.31. The van der Waals surface area contributed by atoms with Gasteiger partial charge in [0, 0.05) is 27.9 Å². The summed E-state index contributed by atoms with van der Waals surface area (Å²) in [5.41, 5.74) is 2.65. The van der Waals surface area contributed by atoms with Crippen molar-refractivity contribution in [3.8, 4) is 0 Å². The van der Waals surface area contributed by atoms with Gasteiger partial charge in [-0.05, 0) is 59.5 Å². The van der Waals surface area contributed by atoms with Crippen LogP contribution >= 0.6 is 22.7 Å². The predicted molar refractivity (Wildman–Crippen MR) is 115 cm³/mol. The van der Waals surface area contributed by atoms with E-state index in [9.17, 15) is 8.42 Å². The molecule has 0 saturated carbocycles. The smallest absolute Gasteiger partial charge is 0.246 e. The van der Waals surface area contributed by atoms with E-state index < -0.39 is 10.0 Å². The average molecular weight is 427 g/mol. The number of fused-ring (bicyclic) bond motifs is 2. The van der Waals surface area contributed by atoms with Gasteiger partial charge in [-0.25, -0.2) is 8.42 Å². The second-order valence-corrected chi connectivity index (χ2v) is 10.8. The molecule has 3 aromatic heterocycles. The predicted octanol–water partition coefficient (Wildman–Crippen LogP) is 5.00. The molecule has 5 rings (SSSR count). The van der Waals surface area contributed by atoms with E-state index in [0.29, 0.717) is 12.1 Å². The Bertz CT molecular complexity index is 1260. The highest BCUT2D eigenvalue weighted by molar-refractivity contribution is 7.89. The standard InChI is InChI=1S/C21H18N2O2S3/c1-14-12-15-4-2-6-19(20(15)22-13-14)28(24,25)23-9-7-17-16(8-11-27-17)21(23)18-5-3-10-26-18/h2-6,8,10-13,21H,7,9H2,1H3/t21-/m1/s1. The molecule has 0 spiro atoms. The highest BCUT2D eigenvalue weighted by Gasteiger charge is 2.39. The summed E-state index contributed by atoms with van der Waals surface area (Å²) in [7, 11) is -3.72. The third-order valence-corrected chi connectivity index (χ3v) is 8.95. The Kier molecular flexibility index (Phi) is 4.35. The summed E-state index contributed by atoms with van der Waals surface area (Å²) in [6.45, 7) is 2.43. The highest BCUT2D eigenvalue weighted by atomic mass is 32.2. The van der Waals surface area contributed by atoms with Crippen LogP contribution in [0, 0.1) is 6.92 Å². The molecule has 0 amide bonds. The second kappa shape index (κ2) is 6.77. The van der Waals surface area contributed by atoms with Gasteiger partial charge in [0.2, 0.25) is 10.0 Å². The zero-order valence-corrected chi connectivity index (χ0v) is 17.7. The molecule has 1 aliphatic heterocycles. The molecule has 4 heterocycles. The molecule has 28 heavy (non-hydrogen) atoms. The molecule has 0 N–H and O–H groups in total. The molecule has 142 valence electrons. The molecule has 1 aliphatic rings. The van der Waals surface area contributed by atoms with Crippen LogP contribution < -0.4 is 0 Å². The zero-order chi connectivity index (χ0) is 19.3. The Morgan fingerprint density at radius 2 is 2.00 bits per heavy atom.